The summed E-state index contributed by atoms with van der Waals surface area (Å²) >= 11 is 0. The molecule has 82 valence electrons. The molecule has 0 saturated carbocycles. The topological polar surface area (TPSA) is 41.1 Å². The van der Waals surface area contributed by atoms with Gasteiger partial charge in [0.05, 0.1) is 0 Å². The van der Waals surface area contributed by atoms with Crippen molar-refractivity contribution in [2.45, 2.75) is 19.4 Å². The number of hydrogen-bond acceptors (Lipinski definition) is 4. The zero-order chi connectivity index (χ0) is 10.3. The van der Waals surface area contributed by atoms with Crippen molar-refractivity contribution < 1.29 is 0 Å². The molecule has 1 fully saturated rings. The van der Waals surface area contributed by atoms with E-state index in [-0.39, 0.29) is 0 Å². The van der Waals surface area contributed by atoms with Gasteiger partial charge in [-0.25, -0.2) is 9.97 Å². The Labute approximate surface area is 90.7 Å². The van der Waals surface area contributed by atoms with Gasteiger partial charge in [0.25, 0.3) is 0 Å². The molecule has 0 spiro atoms. The van der Waals surface area contributed by atoms with Crippen molar-refractivity contribution in [2.75, 3.05) is 26.2 Å². The van der Waals surface area contributed by atoms with Crippen LogP contribution in [-0.2, 0) is 6.54 Å². The highest BCUT2D eigenvalue weighted by Gasteiger charge is 2.09. The number of hydrogen-bond donors (Lipinski definition) is 1. The maximum Gasteiger partial charge on any atom is 0.115 e. The van der Waals surface area contributed by atoms with Gasteiger partial charge in [-0.2, -0.15) is 0 Å². The van der Waals surface area contributed by atoms with Gasteiger partial charge in [-0.1, -0.05) is 0 Å². The second-order valence-corrected chi connectivity index (χ2v) is 3.97. The van der Waals surface area contributed by atoms with Crippen molar-refractivity contribution >= 4 is 0 Å². The fourth-order valence-electron chi connectivity index (χ4n) is 1.90. The van der Waals surface area contributed by atoms with Gasteiger partial charge in [-0.15, -0.1) is 0 Å². The molecule has 1 aromatic rings. The maximum absolute atomic E-state index is 3.98. The molecule has 0 aromatic carbocycles. The van der Waals surface area contributed by atoms with E-state index in [0.29, 0.717) is 0 Å². The van der Waals surface area contributed by atoms with Crippen LogP contribution in [0, 0.1) is 0 Å². The van der Waals surface area contributed by atoms with Crippen LogP contribution in [0.2, 0.25) is 0 Å². The standard InChI is InChI=1S/C11H18N4/c1-2-5-15(4-1)6-3-12-7-11-8-13-10-14-9-11/h8-10,12H,1-7H2. The van der Waals surface area contributed by atoms with Gasteiger partial charge in [-0.3, -0.25) is 0 Å². The molecule has 0 atom stereocenters. The monoisotopic (exact) mass is 206 g/mol. The van der Waals surface area contributed by atoms with Crippen LogP contribution in [0.1, 0.15) is 18.4 Å². The Hall–Kier alpha value is -1.00. The quantitative estimate of drug-likeness (QED) is 0.719. The largest absolute Gasteiger partial charge is 0.311 e. The number of nitrogens with one attached hydrogen (secondary N) is 1. The molecule has 1 aromatic heterocycles. The Morgan fingerprint density at radius 3 is 2.67 bits per heavy atom. The lowest BCUT2D eigenvalue weighted by Crippen LogP contribution is -2.29. The van der Waals surface area contributed by atoms with Crippen LogP contribution in [0.15, 0.2) is 18.7 Å². The van der Waals surface area contributed by atoms with Gasteiger partial charge in [-0.05, 0) is 25.9 Å². The Bertz CT molecular complexity index is 269. The van der Waals surface area contributed by atoms with E-state index in [0.717, 1.165) is 25.2 Å². The maximum atomic E-state index is 3.98. The Morgan fingerprint density at radius 2 is 1.93 bits per heavy atom. The summed E-state index contributed by atoms with van der Waals surface area (Å²) in [5.74, 6) is 0. The lowest BCUT2D eigenvalue weighted by molar-refractivity contribution is 0.335. The molecule has 1 saturated heterocycles. The van der Waals surface area contributed by atoms with E-state index < -0.39 is 0 Å². The van der Waals surface area contributed by atoms with E-state index in [2.05, 4.69) is 20.2 Å². The van der Waals surface area contributed by atoms with Crippen LogP contribution in [0.4, 0.5) is 0 Å². The second kappa shape index (κ2) is 5.78. The van der Waals surface area contributed by atoms with Crippen molar-refractivity contribution in [3.8, 4) is 0 Å². The molecule has 4 heteroatoms. The van der Waals surface area contributed by atoms with Crippen LogP contribution in [-0.4, -0.2) is 41.0 Å². The molecule has 1 N–H and O–H groups in total. The van der Waals surface area contributed by atoms with Gasteiger partial charge in [0.2, 0.25) is 0 Å². The average Bonchev–Trinajstić information content (AvgIpc) is 2.79. The third-order valence-corrected chi connectivity index (χ3v) is 2.75. The molecule has 0 unspecified atom stereocenters. The highest BCUT2D eigenvalue weighted by atomic mass is 15.1. The van der Waals surface area contributed by atoms with E-state index in [9.17, 15) is 0 Å². The molecular formula is C11H18N4. The number of nitrogens with zero attached hydrogens (tertiary/aromatic N) is 3. The van der Waals surface area contributed by atoms with Crippen molar-refractivity contribution in [1.29, 1.82) is 0 Å². The molecule has 0 bridgehead atoms. The lowest BCUT2D eigenvalue weighted by Gasteiger charge is -2.14. The molecule has 4 nitrogen and oxygen atoms in total. The summed E-state index contributed by atoms with van der Waals surface area (Å²) in [5, 5.41) is 3.41. The Balaban J connectivity index is 1.59. The first-order valence-corrected chi connectivity index (χ1v) is 5.62. The number of likely N-dealkylation sites (tertiary alicyclic amines) is 1. The predicted molar refractivity (Wildman–Crippen MR) is 59.4 cm³/mol. The molecule has 2 heterocycles. The first-order valence-electron chi connectivity index (χ1n) is 5.62. The summed E-state index contributed by atoms with van der Waals surface area (Å²) < 4.78 is 0. The fourth-order valence-corrected chi connectivity index (χ4v) is 1.90. The van der Waals surface area contributed by atoms with Gasteiger partial charge in [0.15, 0.2) is 0 Å². The van der Waals surface area contributed by atoms with Gasteiger partial charge in [0, 0.05) is 37.6 Å². The zero-order valence-corrected chi connectivity index (χ0v) is 9.02. The van der Waals surface area contributed by atoms with Crippen molar-refractivity contribution in [3.63, 3.8) is 0 Å². The van der Waals surface area contributed by atoms with Crippen LogP contribution in [0.5, 0.6) is 0 Å². The molecule has 1 aliphatic rings. The molecule has 0 radical (unpaired) electrons. The Morgan fingerprint density at radius 1 is 1.20 bits per heavy atom. The molecule has 1 aliphatic heterocycles. The van der Waals surface area contributed by atoms with Gasteiger partial charge < -0.3 is 10.2 Å². The van der Waals surface area contributed by atoms with E-state index in [4.69, 9.17) is 0 Å². The molecule has 15 heavy (non-hydrogen) atoms. The number of rotatable bonds is 5. The highest BCUT2D eigenvalue weighted by molar-refractivity contribution is 5.01. The van der Waals surface area contributed by atoms with E-state index >= 15 is 0 Å². The van der Waals surface area contributed by atoms with E-state index in [1.807, 2.05) is 12.4 Å². The summed E-state index contributed by atoms with van der Waals surface area (Å²) in [6.45, 7) is 5.63. The van der Waals surface area contributed by atoms with Crippen molar-refractivity contribution in [2.24, 2.45) is 0 Å². The summed E-state index contributed by atoms with van der Waals surface area (Å²) in [7, 11) is 0. The zero-order valence-electron chi connectivity index (χ0n) is 9.02. The normalized spacial score (nSPS) is 17.1. The molecule has 2 rings (SSSR count). The summed E-state index contributed by atoms with van der Waals surface area (Å²) in [4.78, 5) is 10.5. The second-order valence-electron chi connectivity index (χ2n) is 3.97. The fraction of sp³-hybridized carbons (Fsp3) is 0.636. The van der Waals surface area contributed by atoms with Crippen LogP contribution in [0.3, 0.4) is 0 Å². The van der Waals surface area contributed by atoms with E-state index in [1.165, 1.54) is 25.9 Å². The van der Waals surface area contributed by atoms with Gasteiger partial charge in [0.1, 0.15) is 6.33 Å². The summed E-state index contributed by atoms with van der Waals surface area (Å²) in [6, 6.07) is 0. The average molecular weight is 206 g/mol. The summed E-state index contributed by atoms with van der Waals surface area (Å²) in [6.07, 6.45) is 8.01. The third kappa shape index (κ3) is 3.57. The molecular weight excluding hydrogens is 188 g/mol. The minimum atomic E-state index is 0.870. The molecule has 0 amide bonds. The first kappa shape index (κ1) is 10.5. The van der Waals surface area contributed by atoms with Crippen molar-refractivity contribution in [3.05, 3.63) is 24.3 Å². The van der Waals surface area contributed by atoms with Crippen molar-refractivity contribution in [1.82, 2.24) is 20.2 Å². The highest BCUT2D eigenvalue weighted by Crippen LogP contribution is 2.05. The lowest BCUT2D eigenvalue weighted by atomic mass is 10.3. The van der Waals surface area contributed by atoms with E-state index in [1.54, 1.807) is 6.33 Å². The van der Waals surface area contributed by atoms with Gasteiger partial charge >= 0.3 is 0 Å². The van der Waals surface area contributed by atoms with Crippen LogP contribution in [0.25, 0.3) is 0 Å². The van der Waals surface area contributed by atoms with Crippen LogP contribution < -0.4 is 5.32 Å². The SMILES string of the molecule is c1ncc(CNCCN2CCCC2)cn1. The molecule has 0 aliphatic carbocycles. The first-order chi connectivity index (χ1) is 7.45. The third-order valence-electron chi connectivity index (χ3n) is 2.75. The minimum absolute atomic E-state index is 0.870. The Kier molecular flexibility index (Phi) is 4.05. The minimum Gasteiger partial charge on any atom is -0.311 e. The smallest absolute Gasteiger partial charge is 0.115 e. The number of aromatic nitrogens is 2. The predicted octanol–water partition coefficient (Wildman–Crippen LogP) is 0.662. The summed E-state index contributed by atoms with van der Waals surface area (Å²) in [5.41, 5.74) is 1.15. The van der Waals surface area contributed by atoms with Crippen LogP contribution >= 0.6 is 0 Å².